The van der Waals surface area contributed by atoms with E-state index in [4.69, 9.17) is 27.9 Å². The summed E-state index contributed by atoms with van der Waals surface area (Å²) in [7, 11) is 0. The third kappa shape index (κ3) is 3.16. The first-order valence-corrected chi connectivity index (χ1v) is 7.61. The molecule has 2 aromatic carbocycles. The number of halogens is 2. The van der Waals surface area contributed by atoms with Crippen molar-refractivity contribution in [2.24, 2.45) is 0 Å². The first-order valence-electron chi connectivity index (χ1n) is 6.85. The fraction of sp³-hybridized carbons (Fsp3) is 0.188. The summed E-state index contributed by atoms with van der Waals surface area (Å²) in [5, 5.41) is 11.6. The van der Waals surface area contributed by atoms with Crippen LogP contribution in [0.2, 0.25) is 10.0 Å². The van der Waals surface area contributed by atoms with Crippen LogP contribution in [0.3, 0.4) is 0 Å². The van der Waals surface area contributed by atoms with Crippen molar-refractivity contribution < 1.29 is 14.5 Å². The second kappa shape index (κ2) is 6.18. The second-order valence-corrected chi connectivity index (χ2v) is 6.07. The lowest BCUT2D eigenvalue weighted by Gasteiger charge is -2.11. The molecule has 1 aliphatic heterocycles. The Bertz CT molecular complexity index is 776. The molecule has 1 saturated heterocycles. The molecule has 1 heterocycles. The Labute approximate surface area is 141 Å². The molecular formula is C16H11Cl2NO4. The van der Waals surface area contributed by atoms with Gasteiger partial charge in [-0.1, -0.05) is 41.4 Å². The Morgan fingerprint density at radius 3 is 2.43 bits per heavy atom. The predicted octanol–water partition coefficient (Wildman–Crippen LogP) is 4.67. The predicted molar refractivity (Wildman–Crippen MR) is 85.7 cm³/mol. The molecule has 0 saturated carbocycles. The highest BCUT2D eigenvalue weighted by atomic mass is 35.5. The number of nitro benzene ring substituents is 1. The van der Waals surface area contributed by atoms with Crippen LogP contribution in [0, 0.1) is 10.1 Å². The number of non-ortho nitro benzene ring substituents is 1. The zero-order valence-corrected chi connectivity index (χ0v) is 13.3. The zero-order chi connectivity index (χ0) is 16.6. The average molecular weight is 352 g/mol. The van der Waals surface area contributed by atoms with Crippen molar-refractivity contribution in [1.82, 2.24) is 0 Å². The lowest BCUT2D eigenvalue weighted by molar-refractivity contribution is -0.384. The third-order valence-electron chi connectivity index (χ3n) is 3.81. The maximum absolute atomic E-state index is 12.1. The second-order valence-electron chi connectivity index (χ2n) is 5.23. The van der Waals surface area contributed by atoms with Gasteiger partial charge >= 0.3 is 5.97 Å². The minimum absolute atomic E-state index is 0.0163. The van der Waals surface area contributed by atoms with Gasteiger partial charge in [-0.05, 0) is 17.7 Å². The highest BCUT2D eigenvalue weighted by Gasteiger charge is 2.37. The summed E-state index contributed by atoms with van der Waals surface area (Å²) in [4.78, 5) is 22.3. The largest absolute Gasteiger partial charge is 0.457 e. The van der Waals surface area contributed by atoms with Crippen molar-refractivity contribution in [2.45, 2.75) is 18.4 Å². The van der Waals surface area contributed by atoms with Crippen LogP contribution in [0.5, 0.6) is 0 Å². The van der Waals surface area contributed by atoms with Crippen molar-refractivity contribution in [3.05, 3.63) is 73.8 Å². The smallest absolute Gasteiger partial charge is 0.314 e. The van der Waals surface area contributed by atoms with Crippen LogP contribution in [0.4, 0.5) is 5.69 Å². The summed E-state index contributed by atoms with van der Waals surface area (Å²) in [6.07, 6.45) is -0.0229. The van der Waals surface area contributed by atoms with Crippen LogP contribution < -0.4 is 0 Å². The molecule has 2 unspecified atom stereocenters. The Balaban J connectivity index is 1.83. The topological polar surface area (TPSA) is 69.4 Å². The summed E-state index contributed by atoms with van der Waals surface area (Å²) >= 11 is 12.0. The molecule has 0 aromatic heterocycles. The van der Waals surface area contributed by atoms with E-state index < -0.39 is 16.9 Å². The van der Waals surface area contributed by atoms with Crippen molar-refractivity contribution in [3.8, 4) is 0 Å². The van der Waals surface area contributed by atoms with Crippen LogP contribution in [0.15, 0.2) is 42.5 Å². The van der Waals surface area contributed by atoms with E-state index in [2.05, 4.69) is 0 Å². The highest BCUT2D eigenvalue weighted by Crippen LogP contribution is 2.42. The Kier molecular flexibility index (Phi) is 4.24. The first kappa shape index (κ1) is 15.8. The maximum Gasteiger partial charge on any atom is 0.314 e. The Hall–Kier alpha value is -2.11. The molecule has 1 aliphatic rings. The number of carbonyl (C=O) groups is 1. The van der Waals surface area contributed by atoms with Crippen LogP contribution in [-0.2, 0) is 9.53 Å². The molecule has 5 nitrogen and oxygen atoms in total. The number of nitro groups is 1. The van der Waals surface area contributed by atoms with Gasteiger partial charge in [0.2, 0.25) is 0 Å². The van der Waals surface area contributed by atoms with Crippen molar-refractivity contribution in [2.75, 3.05) is 0 Å². The van der Waals surface area contributed by atoms with Crippen LogP contribution in [0.1, 0.15) is 29.6 Å². The molecule has 118 valence electrons. The van der Waals surface area contributed by atoms with E-state index in [-0.39, 0.29) is 11.7 Å². The molecule has 0 amide bonds. The van der Waals surface area contributed by atoms with Gasteiger partial charge in [-0.25, -0.2) is 0 Å². The van der Waals surface area contributed by atoms with E-state index in [0.29, 0.717) is 27.6 Å². The number of hydrogen-bond donors (Lipinski definition) is 0. The number of esters is 1. The molecule has 0 bridgehead atoms. The normalized spacial score (nSPS) is 20.3. The van der Waals surface area contributed by atoms with Crippen LogP contribution in [0.25, 0.3) is 0 Å². The van der Waals surface area contributed by atoms with E-state index in [1.807, 2.05) is 0 Å². The van der Waals surface area contributed by atoms with Crippen molar-refractivity contribution >= 4 is 34.9 Å². The quantitative estimate of drug-likeness (QED) is 0.457. The average Bonchev–Trinajstić information content (AvgIpc) is 2.89. The van der Waals surface area contributed by atoms with E-state index in [1.165, 1.54) is 12.1 Å². The van der Waals surface area contributed by atoms with Gasteiger partial charge in [0.1, 0.15) is 6.10 Å². The lowest BCUT2D eigenvalue weighted by atomic mass is 9.93. The standard InChI is InChI=1S/C16H11Cl2NO4/c17-10-3-6-12(14(18)7-10)15-8-13(16(20)23-15)9-1-4-11(5-2-9)19(21)22/h1-7,13,15H,8H2. The van der Waals surface area contributed by atoms with E-state index in [1.54, 1.807) is 30.3 Å². The molecule has 0 N–H and O–H groups in total. The van der Waals surface area contributed by atoms with Crippen molar-refractivity contribution in [1.29, 1.82) is 0 Å². The minimum atomic E-state index is -0.479. The number of carbonyl (C=O) groups excluding carboxylic acids is 1. The van der Waals surface area contributed by atoms with E-state index in [9.17, 15) is 14.9 Å². The van der Waals surface area contributed by atoms with Gasteiger partial charge in [-0.3, -0.25) is 14.9 Å². The lowest BCUT2D eigenvalue weighted by Crippen LogP contribution is -2.05. The Morgan fingerprint density at radius 2 is 1.83 bits per heavy atom. The zero-order valence-electron chi connectivity index (χ0n) is 11.7. The molecule has 2 aromatic rings. The van der Waals surface area contributed by atoms with E-state index in [0.717, 1.165) is 0 Å². The summed E-state index contributed by atoms with van der Waals surface area (Å²) in [5.74, 6) is -0.831. The summed E-state index contributed by atoms with van der Waals surface area (Å²) in [6.45, 7) is 0. The highest BCUT2D eigenvalue weighted by molar-refractivity contribution is 6.35. The fourth-order valence-electron chi connectivity index (χ4n) is 2.63. The Morgan fingerprint density at radius 1 is 1.13 bits per heavy atom. The fourth-order valence-corrected chi connectivity index (χ4v) is 3.16. The van der Waals surface area contributed by atoms with Gasteiger partial charge in [0, 0.05) is 34.2 Å². The number of ether oxygens (including phenoxy) is 1. The summed E-state index contributed by atoms with van der Waals surface area (Å²) < 4.78 is 5.41. The molecule has 23 heavy (non-hydrogen) atoms. The molecule has 7 heteroatoms. The molecule has 0 radical (unpaired) electrons. The van der Waals surface area contributed by atoms with Crippen LogP contribution in [-0.4, -0.2) is 10.9 Å². The van der Waals surface area contributed by atoms with E-state index >= 15 is 0 Å². The molecule has 0 spiro atoms. The number of cyclic esters (lactones) is 1. The number of hydrogen-bond acceptors (Lipinski definition) is 4. The molecule has 1 fully saturated rings. The summed E-state index contributed by atoms with van der Waals surface area (Å²) in [5.41, 5.74) is 1.37. The van der Waals surface area contributed by atoms with Gasteiger partial charge in [0.25, 0.3) is 5.69 Å². The summed E-state index contributed by atoms with van der Waals surface area (Å²) in [6, 6.07) is 10.9. The molecule has 2 atom stereocenters. The maximum atomic E-state index is 12.1. The van der Waals surface area contributed by atoms with Gasteiger partial charge in [-0.2, -0.15) is 0 Å². The molecular weight excluding hydrogens is 341 g/mol. The molecule has 3 rings (SSSR count). The third-order valence-corrected chi connectivity index (χ3v) is 4.37. The van der Waals surface area contributed by atoms with Crippen molar-refractivity contribution in [3.63, 3.8) is 0 Å². The van der Waals surface area contributed by atoms with Gasteiger partial charge in [0.05, 0.1) is 10.8 Å². The van der Waals surface area contributed by atoms with Gasteiger partial charge < -0.3 is 4.74 Å². The minimum Gasteiger partial charge on any atom is -0.457 e. The first-order chi connectivity index (χ1) is 11.0. The number of nitrogens with zero attached hydrogens (tertiary/aromatic N) is 1. The SMILES string of the molecule is O=C1OC(c2ccc(Cl)cc2Cl)CC1c1ccc([N+](=O)[O-])cc1. The van der Waals surface area contributed by atoms with Gasteiger partial charge in [0.15, 0.2) is 0 Å². The number of rotatable bonds is 3. The molecule has 0 aliphatic carbocycles. The van der Waals surface area contributed by atoms with Crippen LogP contribution >= 0.6 is 23.2 Å². The van der Waals surface area contributed by atoms with Gasteiger partial charge in [-0.15, -0.1) is 0 Å². The monoisotopic (exact) mass is 351 g/mol. The number of benzene rings is 2.